The molecule has 1 unspecified atom stereocenters. The normalized spacial score (nSPS) is 12.5. The average Bonchev–Trinajstić information content (AvgIpc) is 2.60. The molecule has 0 saturated carbocycles. The molecule has 1 N–H and O–H groups in total. The quantitative estimate of drug-likeness (QED) is 0.582. The van der Waals surface area contributed by atoms with Gasteiger partial charge in [0.05, 0.1) is 11.0 Å². The van der Waals surface area contributed by atoms with Crippen LogP contribution in [0, 0.1) is 10.1 Å². The largest absolute Gasteiger partial charge is 0.470 e. The molecule has 0 bridgehead atoms. The van der Waals surface area contributed by atoms with Crippen molar-refractivity contribution >= 4 is 5.69 Å². The molecule has 0 aromatic carbocycles. The molecule has 0 saturated heterocycles. The molecule has 0 aliphatic carbocycles. The summed E-state index contributed by atoms with van der Waals surface area (Å²) in [7, 11) is 0. The van der Waals surface area contributed by atoms with Gasteiger partial charge in [-0.15, -0.1) is 0 Å². The van der Waals surface area contributed by atoms with Gasteiger partial charge in [-0.2, -0.15) is 5.10 Å². The summed E-state index contributed by atoms with van der Waals surface area (Å²) in [6.07, 6.45) is 1.62. The number of nitro groups is 1. The highest BCUT2D eigenvalue weighted by Crippen LogP contribution is 2.27. The highest BCUT2D eigenvalue weighted by atomic mass is 16.6. The van der Waals surface area contributed by atoms with Crippen molar-refractivity contribution in [1.29, 1.82) is 0 Å². The molecule has 1 aromatic heterocycles. The van der Waals surface area contributed by atoms with Gasteiger partial charge in [0.15, 0.2) is 0 Å². The first-order valence-electron chi connectivity index (χ1n) is 4.57. The van der Waals surface area contributed by atoms with E-state index in [1.54, 1.807) is 6.92 Å². The van der Waals surface area contributed by atoms with Crippen LogP contribution in [0.4, 0.5) is 5.69 Å². The Balaban J connectivity index is 2.99. The molecule has 7 heteroatoms. The van der Waals surface area contributed by atoms with Crippen LogP contribution in [0.15, 0.2) is 6.20 Å². The van der Waals surface area contributed by atoms with Gasteiger partial charge in [-0.3, -0.25) is 10.1 Å². The zero-order valence-electron chi connectivity index (χ0n) is 8.58. The van der Waals surface area contributed by atoms with E-state index in [-0.39, 0.29) is 17.7 Å². The van der Waals surface area contributed by atoms with Crippen molar-refractivity contribution in [2.45, 2.75) is 33.1 Å². The van der Waals surface area contributed by atoms with Gasteiger partial charge in [-0.1, -0.05) is 6.92 Å². The Hall–Kier alpha value is -1.63. The minimum absolute atomic E-state index is 0.00292. The van der Waals surface area contributed by atoms with Crippen molar-refractivity contribution in [2.24, 2.45) is 0 Å². The maximum Gasteiger partial charge on any atom is 0.350 e. The third-order valence-electron chi connectivity index (χ3n) is 1.99. The van der Waals surface area contributed by atoms with E-state index in [9.17, 15) is 10.1 Å². The van der Waals surface area contributed by atoms with Crippen LogP contribution in [-0.2, 0) is 6.73 Å². The Bertz CT molecular complexity index is 350. The summed E-state index contributed by atoms with van der Waals surface area (Å²) < 4.78 is 6.36. The summed E-state index contributed by atoms with van der Waals surface area (Å²) in [6, 6.07) is 0. The van der Waals surface area contributed by atoms with Crippen LogP contribution in [0.3, 0.4) is 0 Å². The first kappa shape index (κ1) is 11.4. The van der Waals surface area contributed by atoms with Crippen LogP contribution in [-0.4, -0.2) is 25.9 Å². The highest BCUT2D eigenvalue weighted by molar-refractivity contribution is 5.39. The van der Waals surface area contributed by atoms with Gasteiger partial charge >= 0.3 is 5.69 Å². The summed E-state index contributed by atoms with van der Waals surface area (Å²) in [5, 5.41) is 23.2. The van der Waals surface area contributed by atoms with Crippen LogP contribution in [0.5, 0.6) is 5.88 Å². The Kier molecular flexibility index (Phi) is 3.62. The number of ether oxygens (including phenoxy) is 1. The van der Waals surface area contributed by atoms with Crippen LogP contribution < -0.4 is 4.74 Å². The number of rotatable bonds is 5. The van der Waals surface area contributed by atoms with Gasteiger partial charge in [0.25, 0.3) is 5.88 Å². The first-order valence-corrected chi connectivity index (χ1v) is 4.57. The molecule has 15 heavy (non-hydrogen) atoms. The minimum Gasteiger partial charge on any atom is -0.470 e. The molecule has 0 radical (unpaired) electrons. The Morgan fingerprint density at radius 2 is 2.47 bits per heavy atom. The van der Waals surface area contributed by atoms with Crippen molar-refractivity contribution in [3.05, 3.63) is 16.3 Å². The number of nitrogens with zero attached hydrogens (tertiary/aromatic N) is 3. The standard InChI is InChI=1S/C8H13N3O4/c1-3-6(2)15-8-7(11(13)14)4-9-10(8)5-12/h4,6,12H,3,5H2,1-2H3. The second-order valence-electron chi connectivity index (χ2n) is 3.07. The fraction of sp³-hybridized carbons (Fsp3) is 0.625. The molecule has 7 nitrogen and oxygen atoms in total. The van der Waals surface area contributed by atoms with E-state index in [1.807, 2.05) is 6.92 Å². The number of aromatic nitrogens is 2. The summed E-state index contributed by atoms with van der Waals surface area (Å²) in [4.78, 5) is 10.0. The third kappa shape index (κ3) is 2.44. The molecule has 1 aromatic rings. The van der Waals surface area contributed by atoms with E-state index >= 15 is 0 Å². The number of hydrogen-bond acceptors (Lipinski definition) is 5. The molecule has 0 spiro atoms. The van der Waals surface area contributed by atoms with Crippen LogP contribution in [0.1, 0.15) is 20.3 Å². The van der Waals surface area contributed by atoms with Gasteiger partial charge in [0.2, 0.25) is 0 Å². The van der Waals surface area contributed by atoms with Gasteiger partial charge in [-0.05, 0) is 13.3 Å². The van der Waals surface area contributed by atoms with Crippen molar-refractivity contribution < 1.29 is 14.8 Å². The van der Waals surface area contributed by atoms with Crippen molar-refractivity contribution in [3.8, 4) is 5.88 Å². The summed E-state index contributed by atoms with van der Waals surface area (Å²) in [5.41, 5.74) is -0.232. The Morgan fingerprint density at radius 1 is 1.80 bits per heavy atom. The Labute approximate surface area is 86.4 Å². The van der Waals surface area contributed by atoms with E-state index in [2.05, 4.69) is 5.10 Å². The van der Waals surface area contributed by atoms with Gasteiger partial charge < -0.3 is 9.84 Å². The minimum atomic E-state index is -0.586. The second kappa shape index (κ2) is 4.74. The lowest BCUT2D eigenvalue weighted by molar-refractivity contribution is -0.386. The zero-order chi connectivity index (χ0) is 11.4. The van der Waals surface area contributed by atoms with Gasteiger partial charge in [0, 0.05) is 0 Å². The lowest BCUT2D eigenvalue weighted by atomic mass is 10.3. The van der Waals surface area contributed by atoms with E-state index in [0.29, 0.717) is 6.42 Å². The summed E-state index contributed by atoms with van der Waals surface area (Å²) in [5.74, 6) is -0.00292. The highest BCUT2D eigenvalue weighted by Gasteiger charge is 2.23. The number of hydrogen-bond donors (Lipinski definition) is 1. The van der Waals surface area contributed by atoms with Crippen LogP contribution >= 0.6 is 0 Å². The van der Waals surface area contributed by atoms with Crippen molar-refractivity contribution in [1.82, 2.24) is 9.78 Å². The van der Waals surface area contributed by atoms with Gasteiger partial charge in [0.1, 0.15) is 12.9 Å². The zero-order valence-corrected chi connectivity index (χ0v) is 8.58. The predicted octanol–water partition coefficient (Wildman–Crippen LogP) is 0.918. The SMILES string of the molecule is CCC(C)Oc1c([N+](=O)[O-])cnn1CO. The van der Waals surface area contributed by atoms with Crippen molar-refractivity contribution in [2.75, 3.05) is 0 Å². The molecule has 0 fully saturated rings. The van der Waals surface area contributed by atoms with E-state index in [0.717, 1.165) is 10.9 Å². The summed E-state index contributed by atoms with van der Waals surface area (Å²) in [6.45, 7) is 3.24. The lowest BCUT2D eigenvalue weighted by Crippen LogP contribution is -2.14. The van der Waals surface area contributed by atoms with E-state index in [1.165, 1.54) is 0 Å². The molecule has 1 rings (SSSR count). The van der Waals surface area contributed by atoms with Crippen LogP contribution in [0.25, 0.3) is 0 Å². The smallest absolute Gasteiger partial charge is 0.350 e. The summed E-state index contributed by atoms with van der Waals surface area (Å²) >= 11 is 0. The Morgan fingerprint density at radius 3 is 2.93 bits per heavy atom. The maximum atomic E-state index is 10.6. The average molecular weight is 215 g/mol. The molecule has 1 heterocycles. The molecule has 84 valence electrons. The third-order valence-corrected chi connectivity index (χ3v) is 1.99. The molecule has 0 aliphatic rings. The lowest BCUT2D eigenvalue weighted by Gasteiger charge is -2.11. The molecule has 0 amide bonds. The molecular formula is C8H13N3O4. The van der Waals surface area contributed by atoms with E-state index < -0.39 is 11.7 Å². The molecule has 0 aliphatic heterocycles. The number of aliphatic hydroxyl groups is 1. The topological polar surface area (TPSA) is 90.4 Å². The molecule has 1 atom stereocenters. The first-order chi connectivity index (χ1) is 7.10. The predicted molar refractivity (Wildman–Crippen MR) is 51.5 cm³/mol. The molecular weight excluding hydrogens is 202 g/mol. The maximum absolute atomic E-state index is 10.6. The number of aliphatic hydroxyl groups excluding tert-OH is 1. The van der Waals surface area contributed by atoms with Gasteiger partial charge in [-0.25, -0.2) is 4.68 Å². The van der Waals surface area contributed by atoms with Crippen LogP contribution in [0.2, 0.25) is 0 Å². The fourth-order valence-corrected chi connectivity index (χ4v) is 0.985. The van der Waals surface area contributed by atoms with Crippen molar-refractivity contribution in [3.63, 3.8) is 0 Å². The van der Waals surface area contributed by atoms with E-state index in [4.69, 9.17) is 9.84 Å². The monoisotopic (exact) mass is 215 g/mol. The second-order valence-corrected chi connectivity index (χ2v) is 3.07. The fourth-order valence-electron chi connectivity index (χ4n) is 0.985.